The number of hydrogen-bond donors (Lipinski definition) is 2. The van der Waals surface area contributed by atoms with Crippen molar-refractivity contribution >= 4 is 11.6 Å². The molecule has 0 aromatic heterocycles. The monoisotopic (exact) mass is 226 g/mol. The molecule has 0 heterocycles. The highest BCUT2D eigenvalue weighted by Crippen LogP contribution is 2.22. The Labute approximate surface area is 93.3 Å². The number of likely N-dealkylation sites (N-methyl/N-ethyl adjacent to an activating group) is 2. The number of hydrogen-bond acceptors (Lipinski definition) is 6. The van der Waals surface area contributed by atoms with Gasteiger partial charge in [-0.3, -0.25) is 9.59 Å². The number of rotatable bonds is 4. The molecule has 0 aliphatic heterocycles. The van der Waals surface area contributed by atoms with E-state index in [1.807, 2.05) is 0 Å². The molecule has 0 spiro atoms. The lowest BCUT2D eigenvalue weighted by atomic mass is 10.0. The molecule has 0 aromatic carbocycles. The van der Waals surface area contributed by atoms with Crippen molar-refractivity contribution in [2.45, 2.75) is 0 Å². The van der Waals surface area contributed by atoms with Crippen LogP contribution in [0.1, 0.15) is 0 Å². The zero-order chi connectivity index (χ0) is 12.3. The van der Waals surface area contributed by atoms with Gasteiger partial charge in [0.05, 0.1) is 14.2 Å². The largest absolute Gasteiger partial charge is 0.491 e. The Kier molecular flexibility index (Phi) is 3.55. The fourth-order valence-corrected chi connectivity index (χ4v) is 1.50. The summed E-state index contributed by atoms with van der Waals surface area (Å²) in [4.78, 5) is 23.8. The fourth-order valence-electron chi connectivity index (χ4n) is 1.50. The van der Waals surface area contributed by atoms with Crippen LogP contribution in [0.25, 0.3) is 0 Å². The maximum atomic E-state index is 11.9. The lowest BCUT2D eigenvalue weighted by molar-refractivity contribution is -0.121. The van der Waals surface area contributed by atoms with E-state index in [-0.39, 0.29) is 22.9 Å². The van der Waals surface area contributed by atoms with Crippen molar-refractivity contribution in [2.24, 2.45) is 0 Å². The number of carbonyl (C=O) groups is 2. The van der Waals surface area contributed by atoms with Crippen molar-refractivity contribution in [2.75, 3.05) is 28.3 Å². The minimum absolute atomic E-state index is 0.0161. The van der Waals surface area contributed by atoms with Gasteiger partial charge < -0.3 is 20.1 Å². The molecule has 0 aromatic rings. The summed E-state index contributed by atoms with van der Waals surface area (Å²) in [5, 5.41) is 5.27. The lowest BCUT2D eigenvalue weighted by Gasteiger charge is -2.21. The molecule has 2 N–H and O–H groups in total. The smallest absolute Gasteiger partial charge is 0.249 e. The lowest BCUT2D eigenvalue weighted by Crippen LogP contribution is -2.35. The third-order valence-corrected chi connectivity index (χ3v) is 2.23. The van der Waals surface area contributed by atoms with Crippen LogP contribution in [0.3, 0.4) is 0 Å². The van der Waals surface area contributed by atoms with Crippen LogP contribution in [-0.2, 0) is 19.1 Å². The van der Waals surface area contributed by atoms with Crippen molar-refractivity contribution < 1.29 is 19.1 Å². The average molecular weight is 226 g/mol. The predicted molar refractivity (Wildman–Crippen MR) is 56.2 cm³/mol. The molecule has 0 unspecified atom stereocenters. The maximum absolute atomic E-state index is 11.9. The molecular weight excluding hydrogens is 212 g/mol. The number of ketones is 2. The molecule has 6 nitrogen and oxygen atoms in total. The fraction of sp³-hybridized carbons (Fsp3) is 0.400. The van der Waals surface area contributed by atoms with Crippen molar-refractivity contribution in [3.63, 3.8) is 0 Å². The summed E-state index contributed by atoms with van der Waals surface area (Å²) in [5.41, 5.74) is 0.201. The highest BCUT2D eigenvalue weighted by molar-refractivity contribution is 6.23. The number of nitrogens with one attached hydrogen (secondary N) is 2. The predicted octanol–water partition coefficient (Wildman–Crippen LogP) is -0.707. The van der Waals surface area contributed by atoms with Crippen LogP contribution < -0.4 is 10.6 Å². The van der Waals surface area contributed by atoms with Crippen LogP contribution in [0, 0.1) is 0 Å². The van der Waals surface area contributed by atoms with Gasteiger partial charge in [0.25, 0.3) is 0 Å². The van der Waals surface area contributed by atoms with Gasteiger partial charge in [0, 0.05) is 14.1 Å². The van der Waals surface area contributed by atoms with E-state index < -0.39 is 11.6 Å². The molecule has 0 saturated carbocycles. The van der Waals surface area contributed by atoms with Gasteiger partial charge in [-0.05, 0) is 0 Å². The minimum atomic E-state index is -0.411. The second-order valence-electron chi connectivity index (χ2n) is 2.97. The Bertz CT molecular complexity index is 326. The summed E-state index contributed by atoms with van der Waals surface area (Å²) < 4.78 is 9.84. The number of carbonyl (C=O) groups excluding carboxylic acids is 2. The van der Waals surface area contributed by atoms with Crippen molar-refractivity contribution in [3.8, 4) is 0 Å². The first-order valence-corrected chi connectivity index (χ1v) is 4.63. The maximum Gasteiger partial charge on any atom is 0.249 e. The Morgan fingerprint density at radius 2 is 1.12 bits per heavy atom. The first-order chi connectivity index (χ1) is 7.62. The van der Waals surface area contributed by atoms with Gasteiger partial charge in [-0.1, -0.05) is 0 Å². The van der Waals surface area contributed by atoms with Gasteiger partial charge in [0.1, 0.15) is 11.4 Å². The Morgan fingerprint density at radius 1 is 0.812 bits per heavy atom. The van der Waals surface area contributed by atoms with Crippen molar-refractivity contribution in [1.29, 1.82) is 0 Å². The van der Waals surface area contributed by atoms with E-state index in [0.717, 1.165) is 0 Å². The molecular formula is C10H14N2O4. The van der Waals surface area contributed by atoms with Gasteiger partial charge in [-0.15, -0.1) is 0 Å². The van der Waals surface area contributed by atoms with E-state index in [9.17, 15) is 9.59 Å². The first kappa shape index (κ1) is 12.1. The van der Waals surface area contributed by atoms with Gasteiger partial charge in [0.2, 0.25) is 11.6 Å². The third kappa shape index (κ3) is 1.62. The van der Waals surface area contributed by atoms with E-state index in [4.69, 9.17) is 9.47 Å². The quantitative estimate of drug-likeness (QED) is 0.617. The number of Topliss-reactive ketones (excluding diaryl/α,β-unsaturated/α-hetero) is 2. The summed E-state index contributed by atoms with van der Waals surface area (Å²) >= 11 is 0. The van der Waals surface area contributed by atoms with E-state index in [1.165, 1.54) is 28.3 Å². The van der Waals surface area contributed by atoms with Crippen LogP contribution in [0.2, 0.25) is 0 Å². The van der Waals surface area contributed by atoms with Crippen LogP contribution in [-0.4, -0.2) is 39.9 Å². The van der Waals surface area contributed by atoms with E-state index in [2.05, 4.69) is 10.6 Å². The van der Waals surface area contributed by atoms with Crippen LogP contribution in [0.4, 0.5) is 0 Å². The van der Waals surface area contributed by atoms with E-state index >= 15 is 0 Å². The van der Waals surface area contributed by atoms with Crippen LogP contribution in [0.15, 0.2) is 22.9 Å². The molecule has 0 saturated heterocycles. The molecule has 0 bridgehead atoms. The standard InChI is InChI=1S/C10H14N2O4/c1-11-5-7(13)10(16-4)6(12-2)8(14)9(5)15-3/h11-12H,1-4H3. The van der Waals surface area contributed by atoms with Crippen molar-refractivity contribution in [1.82, 2.24) is 10.6 Å². The average Bonchev–Trinajstić information content (AvgIpc) is 2.30. The number of ether oxygens (including phenoxy) is 2. The molecule has 1 aliphatic rings. The highest BCUT2D eigenvalue weighted by atomic mass is 16.5. The molecule has 0 atom stereocenters. The molecule has 1 rings (SSSR count). The first-order valence-electron chi connectivity index (χ1n) is 4.63. The zero-order valence-electron chi connectivity index (χ0n) is 9.63. The summed E-state index contributed by atoms with van der Waals surface area (Å²) in [6.45, 7) is 0. The minimum Gasteiger partial charge on any atom is -0.491 e. The van der Waals surface area contributed by atoms with Crippen molar-refractivity contribution in [3.05, 3.63) is 22.9 Å². The highest BCUT2D eigenvalue weighted by Gasteiger charge is 2.35. The van der Waals surface area contributed by atoms with E-state index in [1.54, 1.807) is 0 Å². The summed E-state index contributed by atoms with van der Waals surface area (Å²) in [5.74, 6) is -0.855. The zero-order valence-corrected chi connectivity index (χ0v) is 9.63. The second-order valence-corrected chi connectivity index (χ2v) is 2.97. The van der Waals surface area contributed by atoms with E-state index in [0.29, 0.717) is 0 Å². The normalized spacial score (nSPS) is 16.5. The van der Waals surface area contributed by atoms with Gasteiger partial charge >= 0.3 is 0 Å². The Morgan fingerprint density at radius 3 is 1.31 bits per heavy atom. The summed E-state index contributed by atoms with van der Waals surface area (Å²) in [6.07, 6.45) is 0. The molecule has 88 valence electrons. The van der Waals surface area contributed by atoms with Gasteiger partial charge in [0.15, 0.2) is 11.5 Å². The molecule has 6 heteroatoms. The van der Waals surface area contributed by atoms with Crippen LogP contribution >= 0.6 is 0 Å². The molecule has 16 heavy (non-hydrogen) atoms. The molecule has 0 fully saturated rings. The van der Waals surface area contributed by atoms with Gasteiger partial charge in [-0.2, -0.15) is 0 Å². The molecule has 0 amide bonds. The second kappa shape index (κ2) is 4.69. The Balaban J connectivity index is 3.35. The Hall–Kier alpha value is -1.98. The summed E-state index contributed by atoms with van der Waals surface area (Å²) in [7, 11) is 5.75. The van der Waals surface area contributed by atoms with Crippen LogP contribution in [0.5, 0.6) is 0 Å². The van der Waals surface area contributed by atoms with Gasteiger partial charge in [-0.25, -0.2) is 0 Å². The molecule has 1 aliphatic carbocycles. The summed E-state index contributed by atoms with van der Waals surface area (Å²) in [6, 6.07) is 0. The molecule has 0 radical (unpaired) electrons. The SMILES string of the molecule is CNC1=C(OC)C(=O)C(NC)=C(OC)C1=O. The number of methoxy groups -OCH3 is 2. The third-order valence-electron chi connectivity index (χ3n) is 2.23. The topological polar surface area (TPSA) is 76.7 Å².